The maximum atomic E-state index is 12.2. The van der Waals surface area contributed by atoms with Crippen molar-refractivity contribution in [3.05, 3.63) is 22.3 Å². The third-order valence-electron chi connectivity index (χ3n) is 4.92. The van der Waals surface area contributed by atoms with Gasteiger partial charge in [-0.05, 0) is 37.5 Å². The number of aliphatic carboxylic acids is 2. The topological polar surface area (TPSA) is 118 Å². The summed E-state index contributed by atoms with van der Waals surface area (Å²) in [4.78, 5) is 47.6. The SMILES string of the molecule is CCC[C@H]1C/C(C(=O)O)=C(/C(=O)O)C[C@@H](CC)CC2=C1C(=O)OC2=O. The van der Waals surface area contributed by atoms with Crippen LogP contribution in [0.5, 0.6) is 0 Å². The highest BCUT2D eigenvalue weighted by molar-refractivity contribution is 6.13. The third kappa shape index (κ3) is 3.81. The van der Waals surface area contributed by atoms with Gasteiger partial charge in [0.1, 0.15) is 0 Å². The lowest BCUT2D eigenvalue weighted by Gasteiger charge is -2.17. The zero-order chi connectivity index (χ0) is 18.7. The second-order valence-electron chi connectivity index (χ2n) is 6.51. The fourth-order valence-electron chi connectivity index (χ4n) is 3.60. The van der Waals surface area contributed by atoms with Crippen LogP contribution in [0, 0.1) is 11.8 Å². The number of rotatable bonds is 5. The number of carboxylic acids is 2. The van der Waals surface area contributed by atoms with E-state index in [1.54, 1.807) is 0 Å². The molecule has 7 heteroatoms. The van der Waals surface area contributed by atoms with Crippen molar-refractivity contribution in [3.63, 3.8) is 0 Å². The van der Waals surface area contributed by atoms with Crippen molar-refractivity contribution < 1.29 is 34.1 Å². The molecule has 0 bridgehead atoms. The molecule has 0 spiro atoms. The molecule has 0 aromatic heterocycles. The zero-order valence-corrected chi connectivity index (χ0v) is 14.3. The van der Waals surface area contributed by atoms with Crippen LogP contribution in [-0.2, 0) is 23.9 Å². The maximum Gasteiger partial charge on any atom is 0.342 e. The summed E-state index contributed by atoms with van der Waals surface area (Å²) in [5.74, 6) is -4.75. The quantitative estimate of drug-likeness (QED) is 0.577. The van der Waals surface area contributed by atoms with Crippen LogP contribution in [0.2, 0.25) is 0 Å². The zero-order valence-electron chi connectivity index (χ0n) is 14.3. The lowest BCUT2D eigenvalue weighted by molar-refractivity contribution is -0.151. The van der Waals surface area contributed by atoms with Crippen molar-refractivity contribution in [1.29, 1.82) is 0 Å². The highest BCUT2D eigenvalue weighted by Crippen LogP contribution is 2.39. The molecule has 0 radical (unpaired) electrons. The van der Waals surface area contributed by atoms with Crippen LogP contribution in [0.3, 0.4) is 0 Å². The Hall–Kier alpha value is -2.44. The average Bonchev–Trinajstić information content (AvgIpc) is 2.84. The van der Waals surface area contributed by atoms with Gasteiger partial charge < -0.3 is 14.9 Å². The van der Waals surface area contributed by atoms with Crippen LogP contribution < -0.4 is 0 Å². The van der Waals surface area contributed by atoms with E-state index in [0.717, 1.165) is 0 Å². The van der Waals surface area contributed by atoms with Crippen molar-refractivity contribution in [2.45, 2.75) is 52.4 Å². The summed E-state index contributed by atoms with van der Waals surface area (Å²) in [6.45, 7) is 3.72. The molecule has 0 saturated carbocycles. The van der Waals surface area contributed by atoms with Gasteiger partial charge in [-0.2, -0.15) is 0 Å². The standard InChI is InChI=1S/C18H22O7/c1-3-5-10-8-12(16(21)22)11(15(19)20)6-9(4-2)7-13-14(10)18(24)25-17(13)23/h9-10H,3-8H2,1-2H3,(H,19,20)(H,21,22)/b12-11-/t9-,10+/m1/s1. The minimum Gasteiger partial charge on any atom is -0.478 e. The van der Waals surface area contributed by atoms with Crippen molar-refractivity contribution in [2.75, 3.05) is 0 Å². The molecular formula is C18H22O7. The first-order valence-corrected chi connectivity index (χ1v) is 8.48. The molecule has 1 aliphatic carbocycles. The Labute approximate surface area is 145 Å². The van der Waals surface area contributed by atoms with Gasteiger partial charge in [0.15, 0.2) is 0 Å². The Bertz CT molecular complexity index is 684. The fraction of sp³-hybridized carbons (Fsp3) is 0.556. The summed E-state index contributed by atoms with van der Waals surface area (Å²) in [6, 6.07) is 0. The Morgan fingerprint density at radius 1 is 1.00 bits per heavy atom. The molecule has 0 unspecified atom stereocenters. The molecule has 25 heavy (non-hydrogen) atoms. The fourth-order valence-corrected chi connectivity index (χ4v) is 3.60. The molecule has 2 N–H and O–H groups in total. The van der Waals surface area contributed by atoms with Crippen LogP contribution in [0.15, 0.2) is 22.3 Å². The molecule has 0 saturated heterocycles. The first-order valence-electron chi connectivity index (χ1n) is 8.48. The van der Waals surface area contributed by atoms with Crippen molar-refractivity contribution in [3.8, 4) is 0 Å². The normalized spacial score (nSPS) is 27.3. The van der Waals surface area contributed by atoms with Crippen molar-refractivity contribution in [2.24, 2.45) is 11.8 Å². The molecule has 0 amide bonds. The summed E-state index contributed by atoms with van der Waals surface area (Å²) >= 11 is 0. The van der Waals surface area contributed by atoms with Gasteiger partial charge in [-0.15, -0.1) is 0 Å². The molecule has 136 valence electrons. The number of hydrogen-bond acceptors (Lipinski definition) is 5. The number of carboxylic acid groups (broad SMARTS) is 2. The molecule has 7 nitrogen and oxygen atoms in total. The largest absolute Gasteiger partial charge is 0.478 e. The molecular weight excluding hydrogens is 328 g/mol. The number of ether oxygens (including phenoxy) is 1. The Kier molecular flexibility index (Phi) is 5.77. The number of cyclic esters (lactones) is 2. The number of carbonyl (C=O) groups excluding carboxylic acids is 2. The van der Waals surface area contributed by atoms with E-state index in [0.29, 0.717) is 19.3 Å². The molecule has 1 heterocycles. The molecule has 0 aromatic rings. The number of hydrogen-bond donors (Lipinski definition) is 2. The number of esters is 2. The minimum atomic E-state index is -1.30. The van der Waals surface area contributed by atoms with E-state index in [9.17, 15) is 29.4 Å². The van der Waals surface area contributed by atoms with E-state index in [-0.39, 0.29) is 47.5 Å². The summed E-state index contributed by atoms with van der Waals surface area (Å²) in [7, 11) is 0. The van der Waals surface area contributed by atoms with Crippen LogP contribution >= 0.6 is 0 Å². The lowest BCUT2D eigenvalue weighted by Crippen LogP contribution is -2.18. The van der Waals surface area contributed by atoms with E-state index < -0.39 is 29.8 Å². The molecule has 1 aliphatic heterocycles. The van der Waals surface area contributed by atoms with Gasteiger partial charge in [-0.3, -0.25) is 0 Å². The summed E-state index contributed by atoms with van der Waals surface area (Å²) < 4.78 is 4.77. The minimum absolute atomic E-state index is 0.0462. The second-order valence-corrected chi connectivity index (χ2v) is 6.51. The van der Waals surface area contributed by atoms with Crippen molar-refractivity contribution in [1.82, 2.24) is 0 Å². The Balaban J connectivity index is 2.63. The van der Waals surface area contributed by atoms with E-state index >= 15 is 0 Å². The average molecular weight is 350 g/mol. The lowest BCUT2D eigenvalue weighted by atomic mass is 9.84. The van der Waals surface area contributed by atoms with E-state index in [4.69, 9.17) is 4.74 Å². The predicted octanol–water partition coefficient (Wildman–Crippen LogP) is 2.46. The van der Waals surface area contributed by atoms with Crippen molar-refractivity contribution >= 4 is 23.9 Å². The number of carbonyl (C=O) groups is 4. The predicted molar refractivity (Wildman–Crippen MR) is 86.5 cm³/mol. The van der Waals surface area contributed by atoms with Gasteiger partial charge in [-0.1, -0.05) is 26.7 Å². The monoisotopic (exact) mass is 350 g/mol. The van der Waals surface area contributed by atoms with Gasteiger partial charge >= 0.3 is 23.9 Å². The van der Waals surface area contributed by atoms with Crippen LogP contribution in [0.25, 0.3) is 0 Å². The first-order chi connectivity index (χ1) is 11.8. The van der Waals surface area contributed by atoms with E-state index in [1.165, 1.54) is 0 Å². The van der Waals surface area contributed by atoms with Gasteiger partial charge in [0.25, 0.3) is 0 Å². The third-order valence-corrected chi connectivity index (χ3v) is 4.92. The second kappa shape index (κ2) is 7.63. The smallest absolute Gasteiger partial charge is 0.342 e. The highest BCUT2D eigenvalue weighted by Gasteiger charge is 2.40. The maximum absolute atomic E-state index is 12.2. The summed E-state index contributed by atoms with van der Waals surface area (Å²) in [5.41, 5.74) is 0.190. The van der Waals surface area contributed by atoms with Crippen LogP contribution in [0.1, 0.15) is 52.4 Å². The van der Waals surface area contributed by atoms with E-state index in [1.807, 2.05) is 13.8 Å². The van der Waals surface area contributed by atoms with E-state index in [2.05, 4.69) is 0 Å². The Morgan fingerprint density at radius 2 is 1.60 bits per heavy atom. The molecule has 0 aromatic carbocycles. The highest BCUT2D eigenvalue weighted by atomic mass is 16.6. The van der Waals surface area contributed by atoms with Gasteiger partial charge in [0.2, 0.25) is 0 Å². The van der Waals surface area contributed by atoms with Gasteiger partial charge in [0.05, 0.1) is 5.57 Å². The first kappa shape index (κ1) is 18.9. The molecule has 2 rings (SSSR count). The van der Waals surface area contributed by atoms with Crippen LogP contribution in [-0.4, -0.2) is 34.1 Å². The van der Waals surface area contributed by atoms with Gasteiger partial charge in [-0.25, -0.2) is 19.2 Å². The van der Waals surface area contributed by atoms with Gasteiger partial charge in [0, 0.05) is 16.7 Å². The summed E-state index contributed by atoms with van der Waals surface area (Å²) in [5, 5.41) is 19.1. The Morgan fingerprint density at radius 3 is 2.12 bits per heavy atom. The molecule has 2 atom stereocenters. The molecule has 0 fully saturated rings. The molecule has 2 aliphatic rings. The summed E-state index contributed by atoms with van der Waals surface area (Å²) in [6.07, 6.45) is 1.87. The van der Waals surface area contributed by atoms with Crippen LogP contribution in [0.4, 0.5) is 0 Å².